The molecule has 162 valence electrons. The van der Waals surface area contributed by atoms with E-state index in [0.717, 1.165) is 41.6 Å². The van der Waals surface area contributed by atoms with Crippen LogP contribution in [0.25, 0.3) is 0 Å². The molecule has 1 fully saturated rings. The topological polar surface area (TPSA) is 91.7 Å². The molecule has 0 bridgehead atoms. The molecule has 0 aliphatic heterocycles. The lowest BCUT2D eigenvalue weighted by atomic mass is 9.91. The molecule has 0 saturated heterocycles. The Morgan fingerprint density at radius 3 is 2.73 bits per heavy atom. The minimum atomic E-state index is -4.09. The van der Waals surface area contributed by atoms with Gasteiger partial charge in [-0.2, -0.15) is 8.42 Å². The zero-order valence-electron chi connectivity index (χ0n) is 17.7. The quantitative estimate of drug-likeness (QED) is 0.695. The maximum absolute atomic E-state index is 12.7. The van der Waals surface area contributed by atoms with E-state index in [9.17, 15) is 13.2 Å². The van der Waals surface area contributed by atoms with Crippen molar-refractivity contribution in [3.05, 3.63) is 46.7 Å². The molecule has 2 amide bonds. The average Bonchev–Trinajstić information content (AvgIpc) is 3.20. The zero-order valence-corrected chi connectivity index (χ0v) is 18.5. The number of carbonyl (C=O) groups is 1. The molecule has 2 aliphatic rings. The lowest BCUT2D eigenvalue weighted by Gasteiger charge is -2.20. The number of hydrogen-bond acceptors (Lipinski definition) is 5. The zero-order chi connectivity index (χ0) is 21.5. The van der Waals surface area contributed by atoms with Crippen LogP contribution >= 0.6 is 0 Å². The normalized spacial score (nSPS) is 17.1. The number of benzene rings is 1. The molecule has 1 aromatic carbocycles. The second kappa shape index (κ2) is 8.07. The third-order valence-corrected chi connectivity index (χ3v) is 7.19. The number of anilines is 1. The number of urea groups is 1. The number of amides is 2. The van der Waals surface area contributed by atoms with E-state index in [-0.39, 0.29) is 5.09 Å². The van der Waals surface area contributed by atoms with Gasteiger partial charge >= 0.3 is 6.03 Å². The van der Waals surface area contributed by atoms with Crippen LogP contribution in [0.3, 0.4) is 0 Å². The van der Waals surface area contributed by atoms with Gasteiger partial charge in [0.1, 0.15) is 0 Å². The van der Waals surface area contributed by atoms with Gasteiger partial charge < -0.3 is 14.6 Å². The van der Waals surface area contributed by atoms with Crippen LogP contribution in [0.1, 0.15) is 54.4 Å². The van der Waals surface area contributed by atoms with E-state index in [4.69, 9.17) is 4.42 Å². The summed E-state index contributed by atoms with van der Waals surface area (Å²) in [6.45, 7) is 2.73. The van der Waals surface area contributed by atoms with Gasteiger partial charge in [-0.05, 0) is 74.7 Å². The number of fused-ring (bicyclic) bond motifs is 1. The van der Waals surface area contributed by atoms with E-state index in [1.165, 1.54) is 30.7 Å². The predicted octanol–water partition coefficient (Wildman–Crippen LogP) is 3.85. The summed E-state index contributed by atoms with van der Waals surface area (Å²) >= 11 is 0. The molecular weight excluding hydrogens is 402 g/mol. The fourth-order valence-corrected chi connectivity index (χ4v) is 5.19. The van der Waals surface area contributed by atoms with Gasteiger partial charge in [-0.25, -0.2) is 9.52 Å². The molecule has 2 aliphatic carbocycles. The number of hydrogen-bond donors (Lipinski definition) is 2. The van der Waals surface area contributed by atoms with Gasteiger partial charge in [-0.1, -0.05) is 19.1 Å². The number of nitrogens with zero attached hydrogens (tertiary/aromatic N) is 1. The smallest absolute Gasteiger partial charge is 0.333 e. The lowest BCUT2D eigenvalue weighted by molar-refractivity contribution is 0.256. The highest BCUT2D eigenvalue weighted by atomic mass is 32.2. The molecule has 4 rings (SSSR count). The van der Waals surface area contributed by atoms with Gasteiger partial charge in [0.25, 0.3) is 10.0 Å². The molecule has 2 N–H and O–H groups in total. The van der Waals surface area contributed by atoms with Gasteiger partial charge in [0.2, 0.25) is 5.09 Å². The highest BCUT2D eigenvalue weighted by Gasteiger charge is 2.32. The molecule has 0 spiro atoms. The van der Waals surface area contributed by atoms with Crippen molar-refractivity contribution in [1.29, 1.82) is 0 Å². The Morgan fingerprint density at radius 2 is 2.03 bits per heavy atom. The van der Waals surface area contributed by atoms with Gasteiger partial charge in [0, 0.05) is 23.9 Å². The monoisotopic (exact) mass is 431 g/mol. The van der Waals surface area contributed by atoms with Gasteiger partial charge in [0.05, 0.1) is 6.26 Å². The van der Waals surface area contributed by atoms with Crippen LogP contribution in [0.5, 0.6) is 0 Å². The molecule has 7 nitrogen and oxygen atoms in total. The summed E-state index contributed by atoms with van der Waals surface area (Å²) in [7, 11) is -0.332. The summed E-state index contributed by atoms with van der Waals surface area (Å²) in [6.07, 6.45) is 6.73. The first-order valence-electron chi connectivity index (χ1n) is 10.4. The van der Waals surface area contributed by atoms with E-state index in [0.29, 0.717) is 18.4 Å². The van der Waals surface area contributed by atoms with Crippen LogP contribution in [-0.4, -0.2) is 33.4 Å². The Balaban J connectivity index is 1.54. The second-order valence-corrected chi connectivity index (χ2v) is 10.3. The van der Waals surface area contributed by atoms with Crippen molar-refractivity contribution in [2.45, 2.75) is 56.6 Å². The maximum Gasteiger partial charge on any atom is 0.333 e. The van der Waals surface area contributed by atoms with Crippen LogP contribution in [0.4, 0.5) is 10.5 Å². The average molecular weight is 432 g/mol. The third-order valence-electron chi connectivity index (χ3n) is 5.99. The number of nitrogens with one attached hydrogen (secondary N) is 2. The van der Waals surface area contributed by atoms with Crippen LogP contribution in [0.2, 0.25) is 0 Å². The summed E-state index contributed by atoms with van der Waals surface area (Å²) in [4.78, 5) is 14.6. The van der Waals surface area contributed by atoms with Crippen LogP contribution in [0.15, 0.2) is 34.0 Å². The van der Waals surface area contributed by atoms with Crippen molar-refractivity contribution in [2.75, 3.05) is 19.4 Å². The number of aryl methyl sites for hydroxylation is 1. The van der Waals surface area contributed by atoms with Crippen LogP contribution in [0, 0.1) is 5.92 Å². The SMILES string of the molecule is C[C@H](c1ccc2c(c1NC(=O)NS(=O)(=O)c1cc(CN(C)C)co1)CCC2)C1CC1. The van der Waals surface area contributed by atoms with Crippen LogP contribution in [-0.2, 0) is 29.4 Å². The first-order chi connectivity index (χ1) is 14.2. The van der Waals surface area contributed by atoms with E-state index in [1.807, 2.05) is 19.0 Å². The molecule has 1 heterocycles. The fraction of sp³-hybridized carbons (Fsp3) is 0.500. The van der Waals surface area contributed by atoms with Crippen molar-refractivity contribution in [2.24, 2.45) is 5.92 Å². The summed E-state index contributed by atoms with van der Waals surface area (Å²) < 4.78 is 32.6. The third kappa shape index (κ3) is 4.39. The van der Waals surface area contributed by atoms with Crippen molar-refractivity contribution >= 4 is 21.7 Å². The molecule has 1 aromatic heterocycles. The van der Waals surface area contributed by atoms with Crippen molar-refractivity contribution in [3.63, 3.8) is 0 Å². The highest BCUT2D eigenvalue weighted by molar-refractivity contribution is 7.89. The highest BCUT2D eigenvalue weighted by Crippen LogP contribution is 2.46. The Hall–Kier alpha value is -2.32. The number of sulfonamides is 1. The van der Waals surface area contributed by atoms with Crippen molar-refractivity contribution in [1.82, 2.24) is 9.62 Å². The lowest BCUT2D eigenvalue weighted by Crippen LogP contribution is -2.34. The fourth-order valence-electron chi connectivity index (χ4n) is 4.32. The molecule has 0 radical (unpaired) electrons. The van der Waals surface area contributed by atoms with Gasteiger partial charge in [-0.15, -0.1) is 0 Å². The Labute approximate surface area is 177 Å². The maximum atomic E-state index is 12.7. The Bertz CT molecular complexity index is 1050. The van der Waals surface area contributed by atoms with E-state index >= 15 is 0 Å². The summed E-state index contributed by atoms with van der Waals surface area (Å²) in [6, 6.07) is 4.93. The molecule has 8 heteroatoms. The minimum absolute atomic E-state index is 0.264. The summed E-state index contributed by atoms with van der Waals surface area (Å²) in [5.74, 6) is 0.969. The summed E-state index contributed by atoms with van der Waals surface area (Å²) in [5.41, 5.74) is 4.97. The molecular formula is C22H29N3O4S. The van der Waals surface area contributed by atoms with E-state index < -0.39 is 16.1 Å². The van der Waals surface area contributed by atoms with Crippen molar-refractivity contribution < 1.29 is 17.6 Å². The first-order valence-corrected chi connectivity index (χ1v) is 11.9. The first kappa shape index (κ1) is 20.9. The van der Waals surface area contributed by atoms with Gasteiger partial charge in [0.15, 0.2) is 0 Å². The molecule has 1 saturated carbocycles. The summed E-state index contributed by atoms with van der Waals surface area (Å²) in [5, 5.41) is 2.60. The molecule has 1 atom stereocenters. The van der Waals surface area contributed by atoms with E-state index in [1.54, 1.807) is 0 Å². The Kier molecular flexibility index (Phi) is 5.63. The number of carbonyl (C=O) groups excluding carboxylic acids is 1. The van der Waals surface area contributed by atoms with Crippen LogP contribution < -0.4 is 10.0 Å². The largest absolute Gasteiger partial charge is 0.451 e. The predicted molar refractivity (Wildman–Crippen MR) is 115 cm³/mol. The molecule has 2 aromatic rings. The Morgan fingerprint density at radius 1 is 1.27 bits per heavy atom. The standard InChI is InChI=1S/C22H29N3O4S/c1-14(16-7-8-16)18-10-9-17-5-4-6-19(17)21(18)23-22(26)24-30(27,28)20-11-15(13-29-20)12-25(2)3/h9-11,13-14,16H,4-8,12H2,1-3H3,(H2,23,24,26)/t14-/m0/s1. The second-order valence-electron chi connectivity index (χ2n) is 8.72. The van der Waals surface area contributed by atoms with Crippen molar-refractivity contribution in [3.8, 4) is 0 Å². The number of rotatable bonds is 7. The van der Waals surface area contributed by atoms with E-state index in [2.05, 4.69) is 29.1 Å². The molecule has 0 unspecified atom stereocenters. The minimum Gasteiger partial charge on any atom is -0.451 e. The van der Waals surface area contributed by atoms with Gasteiger partial charge in [-0.3, -0.25) is 0 Å². The number of furan rings is 1. The molecule has 30 heavy (non-hydrogen) atoms.